The van der Waals surface area contributed by atoms with E-state index in [0.29, 0.717) is 19.2 Å². The molecule has 0 aromatic carbocycles. The smallest absolute Gasteiger partial charge is 0.211 e. The number of rotatable bonds is 1. The van der Waals surface area contributed by atoms with Crippen molar-refractivity contribution >= 4 is 10.0 Å². The average molecular weight is 177 g/mol. The fourth-order valence-corrected chi connectivity index (χ4v) is 2.31. The Morgan fingerprint density at radius 2 is 2.18 bits per heavy atom. The molecule has 2 aliphatic heterocycles. The number of fused-ring (bicyclic) bond motifs is 1. The molecule has 2 fully saturated rings. The highest BCUT2D eigenvalue weighted by Crippen LogP contribution is 2.31. The molecule has 4 nitrogen and oxygen atoms in total. The summed E-state index contributed by atoms with van der Waals surface area (Å²) in [5.74, 6) is 0. The molecule has 0 amide bonds. The minimum atomic E-state index is -2.98. The standard InChI is InChI=1S/C6H11NO3S/c1-11(8,9)7-3-2-5-6(4-7)10-5/h5-6H,2-4H2,1H3/t5-,6+/m1/s1. The van der Waals surface area contributed by atoms with Gasteiger partial charge in [-0.25, -0.2) is 8.42 Å². The summed E-state index contributed by atoms with van der Waals surface area (Å²) in [5.41, 5.74) is 0. The zero-order valence-electron chi connectivity index (χ0n) is 6.36. The molecule has 0 saturated carbocycles. The van der Waals surface area contributed by atoms with Crippen LogP contribution in [0.3, 0.4) is 0 Å². The van der Waals surface area contributed by atoms with Crippen LogP contribution < -0.4 is 0 Å². The van der Waals surface area contributed by atoms with E-state index in [-0.39, 0.29) is 6.10 Å². The van der Waals surface area contributed by atoms with Crippen LogP contribution in [0.5, 0.6) is 0 Å². The first-order valence-electron chi connectivity index (χ1n) is 3.68. The summed E-state index contributed by atoms with van der Waals surface area (Å²) >= 11 is 0. The van der Waals surface area contributed by atoms with Crippen molar-refractivity contribution in [2.75, 3.05) is 19.3 Å². The van der Waals surface area contributed by atoms with Crippen LogP contribution >= 0.6 is 0 Å². The Kier molecular flexibility index (Phi) is 1.49. The van der Waals surface area contributed by atoms with Crippen molar-refractivity contribution in [1.82, 2.24) is 4.31 Å². The Morgan fingerprint density at radius 3 is 2.73 bits per heavy atom. The largest absolute Gasteiger partial charge is 0.368 e. The summed E-state index contributed by atoms with van der Waals surface area (Å²) < 4.78 is 28.7. The summed E-state index contributed by atoms with van der Waals surface area (Å²) in [7, 11) is -2.98. The minimum absolute atomic E-state index is 0.193. The van der Waals surface area contributed by atoms with Gasteiger partial charge in [0.05, 0.1) is 18.5 Å². The quantitative estimate of drug-likeness (QED) is 0.503. The van der Waals surface area contributed by atoms with Gasteiger partial charge in [-0.15, -0.1) is 0 Å². The van der Waals surface area contributed by atoms with Crippen LogP contribution in [-0.4, -0.2) is 44.3 Å². The van der Waals surface area contributed by atoms with Gasteiger partial charge in [0.2, 0.25) is 10.0 Å². The summed E-state index contributed by atoms with van der Waals surface area (Å²) in [4.78, 5) is 0. The van der Waals surface area contributed by atoms with E-state index in [1.54, 1.807) is 0 Å². The van der Waals surface area contributed by atoms with Gasteiger partial charge in [0.1, 0.15) is 0 Å². The number of sulfonamides is 1. The molecule has 0 aromatic heterocycles. The van der Waals surface area contributed by atoms with Crippen LogP contribution in [0.25, 0.3) is 0 Å². The Balaban J connectivity index is 2.06. The lowest BCUT2D eigenvalue weighted by atomic mass is 10.2. The molecular weight excluding hydrogens is 166 g/mol. The SMILES string of the molecule is CS(=O)(=O)N1CC[C@H]2O[C@H]2C1. The number of epoxide rings is 1. The average Bonchev–Trinajstić information content (AvgIpc) is 2.60. The number of hydrogen-bond acceptors (Lipinski definition) is 3. The topological polar surface area (TPSA) is 49.9 Å². The lowest BCUT2D eigenvalue weighted by molar-refractivity contribution is 0.359. The molecule has 0 radical (unpaired) electrons. The molecule has 2 atom stereocenters. The van der Waals surface area contributed by atoms with Gasteiger partial charge in [0.15, 0.2) is 0 Å². The molecule has 0 aliphatic carbocycles. The van der Waals surface area contributed by atoms with Gasteiger partial charge in [0.25, 0.3) is 0 Å². The minimum Gasteiger partial charge on any atom is -0.368 e. The summed E-state index contributed by atoms with van der Waals surface area (Å²) in [6.45, 7) is 1.18. The van der Waals surface area contributed by atoms with E-state index in [9.17, 15) is 8.42 Å². The molecule has 0 N–H and O–H groups in total. The number of hydrogen-bond donors (Lipinski definition) is 0. The molecule has 2 aliphatic rings. The lowest BCUT2D eigenvalue weighted by Gasteiger charge is -2.20. The number of piperidine rings is 1. The molecular formula is C6H11NO3S. The summed E-state index contributed by atoms with van der Waals surface area (Å²) in [5, 5.41) is 0. The van der Waals surface area contributed by atoms with Crippen LogP contribution in [0, 0.1) is 0 Å². The van der Waals surface area contributed by atoms with Crippen LogP contribution in [0.1, 0.15) is 6.42 Å². The van der Waals surface area contributed by atoms with Crippen molar-refractivity contribution in [2.45, 2.75) is 18.6 Å². The molecule has 2 heterocycles. The van der Waals surface area contributed by atoms with Gasteiger partial charge in [0, 0.05) is 13.1 Å². The second-order valence-electron chi connectivity index (χ2n) is 3.12. The van der Waals surface area contributed by atoms with Gasteiger partial charge in [-0.05, 0) is 6.42 Å². The van der Waals surface area contributed by atoms with Gasteiger partial charge in [-0.1, -0.05) is 0 Å². The fourth-order valence-electron chi connectivity index (χ4n) is 1.46. The van der Waals surface area contributed by atoms with Crippen LogP contribution in [0.4, 0.5) is 0 Å². The van der Waals surface area contributed by atoms with E-state index in [1.165, 1.54) is 10.6 Å². The van der Waals surface area contributed by atoms with Crippen LogP contribution in [-0.2, 0) is 14.8 Å². The Labute approximate surface area is 66.2 Å². The highest BCUT2D eigenvalue weighted by Gasteiger charge is 2.45. The van der Waals surface area contributed by atoms with Crippen LogP contribution in [0.15, 0.2) is 0 Å². The molecule has 0 unspecified atom stereocenters. The predicted molar refractivity (Wildman–Crippen MR) is 39.7 cm³/mol. The van der Waals surface area contributed by atoms with Crippen molar-refractivity contribution in [3.05, 3.63) is 0 Å². The maximum absolute atomic E-state index is 11.0. The molecule has 11 heavy (non-hydrogen) atoms. The molecule has 64 valence electrons. The van der Waals surface area contributed by atoms with Crippen LogP contribution in [0.2, 0.25) is 0 Å². The van der Waals surface area contributed by atoms with E-state index < -0.39 is 10.0 Å². The normalized spacial score (nSPS) is 38.3. The van der Waals surface area contributed by atoms with E-state index in [2.05, 4.69) is 0 Å². The maximum atomic E-state index is 11.0. The van der Waals surface area contributed by atoms with Gasteiger partial charge >= 0.3 is 0 Å². The Morgan fingerprint density at radius 1 is 1.45 bits per heavy atom. The zero-order valence-corrected chi connectivity index (χ0v) is 7.17. The van der Waals surface area contributed by atoms with Gasteiger partial charge in [-0.2, -0.15) is 4.31 Å². The first kappa shape index (κ1) is 7.52. The molecule has 2 rings (SSSR count). The molecule has 0 spiro atoms. The van der Waals surface area contributed by atoms with Crippen molar-refractivity contribution in [1.29, 1.82) is 0 Å². The molecule has 0 bridgehead atoms. The van der Waals surface area contributed by atoms with E-state index in [1.807, 2.05) is 0 Å². The van der Waals surface area contributed by atoms with Crippen molar-refractivity contribution in [3.8, 4) is 0 Å². The fraction of sp³-hybridized carbons (Fsp3) is 1.00. The summed E-state index contributed by atoms with van der Waals surface area (Å²) in [6.07, 6.45) is 2.65. The van der Waals surface area contributed by atoms with Gasteiger partial charge in [-0.3, -0.25) is 0 Å². The monoisotopic (exact) mass is 177 g/mol. The highest BCUT2D eigenvalue weighted by molar-refractivity contribution is 7.88. The van der Waals surface area contributed by atoms with Crippen molar-refractivity contribution < 1.29 is 13.2 Å². The Bertz CT molecular complexity index is 261. The van der Waals surface area contributed by atoms with E-state index in [0.717, 1.165) is 6.42 Å². The third-order valence-corrected chi connectivity index (χ3v) is 3.47. The highest BCUT2D eigenvalue weighted by atomic mass is 32.2. The van der Waals surface area contributed by atoms with Gasteiger partial charge < -0.3 is 4.74 Å². The second kappa shape index (κ2) is 2.18. The predicted octanol–water partition coefficient (Wildman–Crippen LogP) is -0.581. The first-order valence-corrected chi connectivity index (χ1v) is 5.53. The molecule has 5 heteroatoms. The third-order valence-electron chi connectivity index (χ3n) is 2.20. The lowest BCUT2D eigenvalue weighted by Crippen LogP contribution is -2.38. The van der Waals surface area contributed by atoms with Crippen molar-refractivity contribution in [2.24, 2.45) is 0 Å². The first-order chi connectivity index (χ1) is 5.07. The Hall–Kier alpha value is -0.130. The van der Waals surface area contributed by atoms with E-state index in [4.69, 9.17) is 4.74 Å². The zero-order chi connectivity index (χ0) is 8.06. The summed E-state index contributed by atoms with van der Waals surface area (Å²) in [6, 6.07) is 0. The molecule has 0 aromatic rings. The number of nitrogens with zero attached hydrogens (tertiary/aromatic N) is 1. The number of ether oxygens (including phenoxy) is 1. The van der Waals surface area contributed by atoms with Crippen molar-refractivity contribution in [3.63, 3.8) is 0 Å². The maximum Gasteiger partial charge on any atom is 0.211 e. The van der Waals surface area contributed by atoms with E-state index >= 15 is 0 Å². The third kappa shape index (κ3) is 1.40. The molecule has 2 saturated heterocycles. The second-order valence-corrected chi connectivity index (χ2v) is 5.11.